The number of hydrogen-bond acceptors (Lipinski definition) is 0. The summed E-state index contributed by atoms with van der Waals surface area (Å²) < 4.78 is 0. The highest BCUT2D eigenvalue weighted by Gasteiger charge is 2.21. The van der Waals surface area contributed by atoms with E-state index in [-0.39, 0.29) is 0 Å². The van der Waals surface area contributed by atoms with Crippen LogP contribution in [0.25, 0.3) is 11.1 Å². The Morgan fingerprint density at radius 1 is 0.824 bits per heavy atom. The van der Waals surface area contributed by atoms with E-state index in [0.29, 0.717) is 0 Å². The summed E-state index contributed by atoms with van der Waals surface area (Å²) in [5, 5.41) is 0. The summed E-state index contributed by atoms with van der Waals surface area (Å²) in [7, 11) is 0. The second kappa shape index (κ2) is 3.46. The van der Waals surface area contributed by atoms with Crippen LogP contribution in [-0.2, 0) is 19.3 Å². The molecule has 0 heterocycles. The molecule has 1 radical (unpaired) electrons. The Kier molecular flexibility index (Phi) is 1.93. The second-order valence-corrected chi connectivity index (χ2v) is 5.21. The largest absolute Gasteiger partial charge is 0.0619 e. The molecular weight excluding hydrogens is 204 g/mol. The first-order valence-electron chi connectivity index (χ1n) is 6.57. The highest BCUT2D eigenvalue weighted by atomic mass is 14.2. The summed E-state index contributed by atoms with van der Waals surface area (Å²) in [5.41, 5.74) is 8.82. The fourth-order valence-electron chi connectivity index (χ4n) is 3.25. The maximum Gasteiger partial charge on any atom is -0.000718 e. The molecule has 0 heteroatoms. The molecule has 0 nitrogen and oxygen atoms in total. The molecule has 4 rings (SSSR count). The molecule has 17 heavy (non-hydrogen) atoms. The van der Waals surface area contributed by atoms with Gasteiger partial charge in [-0.05, 0) is 71.6 Å². The Morgan fingerprint density at radius 2 is 1.71 bits per heavy atom. The molecule has 0 bridgehead atoms. The summed E-state index contributed by atoms with van der Waals surface area (Å²) in [6.45, 7) is 0. The third-order valence-corrected chi connectivity index (χ3v) is 4.13. The van der Waals surface area contributed by atoms with Crippen LogP contribution in [-0.4, -0.2) is 0 Å². The van der Waals surface area contributed by atoms with Gasteiger partial charge in [-0.25, -0.2) is 0 Å². The predicted molar refractivity (Wildman–Crippen MR) is 70.2 cm³/mol. The molecule has 2 aliphatic carbocycles. The summed E-state index contributed by atoms with van der Waals surface area (Å²) >= 11 is 0. The van der Waals surface area contributed by atoms with Crippen LogP contribution in [0.3, 0.4) is 0 Å². The van der Waals surface area contributed by atoms with Gasteiger partial charge >= 0.3 is 0 Å². The molecule has 0 amide bonds. The third kappa shape index (κ3) is 1.37. The van der Waals surface area contributed by atoms with Crippen LogP contribution in [0.5, 0.6) is 0 Å². The van der Waals surface area contributed by atoms with E-state index in [0.717, 1.165) is 6.42 Å². The van der Waals surface area contributed by atoms with Gasteiger partial charge < -0.3 is 0 Å². The van der Waals surface area contributed by atoms with Gasteiger partial charge in [-0.3, -0.25) is 0 Å². The van der Waals surface area contributed by atoms with E-state index in [9.17, 15) is 0 Å². The first kappa shape index (κ1) is 9.47. The van der Waals surface area contributed by atoms with Crippen LogP contribution in [0.1, 0.15) is 35.1 Å². The van der Waals surface area contributed by atoms with E-state index in [2.05, 4.69) is 36.4 Å². The predicted octanol–water partition coefficient (Wildman–Crippen LogP) is 3.94. The SMILES string of the molecule is [c]1c2c(cc3c1Cc1ccccc1-3)CCCC2. The van der Waals surface area contributed by atoms with Crippen molar-refractivity contribution < 1.29 is 0 Å². The van der Waals surface area contributed by atoms with Crippen LogP contribution < -0.4 is 0 Å². The van der Waals surface area contributed by atoms with Gasteiger partial charge in [0.05, 0.1) is 0 Å². The Labute approximate surface area is 102 Å². The third-order valence-electron chi connectivity index (χ3n) is 4.13. The lowest BCUT2D eigenvalue weighted by Gasteiger charge is -2.17. The fourth-order valence-corrected chi connectivity index (χ4v) is 3.25. The van der Waals surface area contributed by atoms with Crippen molar-refractivity contribution in [1.29, 1.82) is 0 Å². The monoisotopic (exact) mass is 219 g/mol. The topological polar surface area (TPSA) is 0 Å². The Bertz CT molecular complexity index is 593. The molecule has 0 spiro atoms. The van der Waals surface area contributed by atoms with E-state index < -0.39 is 0 Å². The van der Waals surface area contributed by atoms with Crippen molar-refractivity contribution in [3.05, 3.63) is 58.7 Å². The first-order valence-corrected chi connectivity index (χ1v) is 6.57. The average Bonchev–Trinajstić information content (AvgIpc) is 2.73. The molecular formula is C17H15. The van der Waals surface area contributed by atoms with Gasteiger partial charge in [0.2, 0.25) is 0 Å². The molecule has 83 valence electrons. The maximum absolute atomic E-state index is 3.69. The lowest BCUT2D eigenvalue weighted by Crippen LogP contribution is -2.03. The van der Waals surface area contributed by atoms with Crippen molar-refractivity contribution in [2.75, 3.05) is 0 Å². The minimum atomic E-state index is 1.08. The number of rotatable bonds is 0. The smallest absolute Gasteiger partial charge is 0.000718 e. The summed E-state index contributed by atoms with van der Waals surface area (Å²) in [6, 6.07) is 14.9. The molecule has 0 saturated carbocycles. The Hall–Kier alpha value is -1.56. The van der Waals surface area contributed by atoms with Crippen molar-refractivity contribution in [3.8, 4) is 11.1 Å². The van der Waals surface area contributed by atoms with Crippen molar-refractivity contribution in [2.45, 2.75) is 32.1 Å². The number of aryl methyl sites for hydroxylation is 2. The van der Waals surface area contributed by atoms with Crippen LogP contribution in [0.4, 0.5) is 0 Å². The molecule has 0 aromatic heterocycles. The van der Waals surface area contributed by atoms with Crippen LogP contribution in [0, 0.1) is 6.07 Å². The van der Waals surface area contributed by atoms with Crippen molar-refractivity contribution in [1.82, 2.24) is 0 Å². The molecule has 0 unspecified atom stereocenters. The van der Waals surface area contributed by atoms with Crippen LogP contribution in [0.2, 0.25) is 0 Å². The minimum Gasteiger partial charge on any atom is -0.0619 e. The van der Waals surface area contributed by atoms with Gasteiger partial charge in [-0.15, -0.1) is 0 Å². The van der Waals surface area contributed by atoms with Crippen molar-refractivity contribution in [2.24, 2.45) is 0 Å². The number of hydrogen-bond donors (Lipinski definition) is 0. The van der Waals surface area contributed by atoms with Gasteiger partial charge in [0.25, 0.3) is 0 Å². The summed E-state index contributed by atoms with van der Waals surface area (Å²) in [4.78, 5) is 0. The highest BCUT2D eigenvalue weighted by molar-refractivity contribution is 5.77. The zero-order valence-corrected chi connectivity index (χ0v) is 9.92. The van der Waals surface area contributed by atoms with E-state index in [1.807, 2.05) is 0 Å². The number of benzene rings is 2. The average molecular weight is 219 g/mol. The highest BCUT2D eigenvalue weighted by Crippen LogP contribution is 2.38. The van der Waals surface area contributed by atoms with E-state index >= 15 is 0 Å². The molecule has 2 aromatic rings. The number of fused-ring (bicyclic) bond motifs is 4. The molecule has 0 saturated heterocycles. The summed E-state index contributed by atoms with van der Waals surface area (Å²) in [5.74, 6) is 0. The first-order chi connectivity index (χ1) is 8.42. The Balaban J connectivity index is 1.93. The second-order valence-electron chi connectivity index (χ2n) is 5.21. The van der Waals surface area contributed by atoms with Gasteiger partial charge in [0, 0.05) is 0 Å². The molecule has 0 aliphatic heterocycles. The quantitative estimate of drug-likeness (QED) is 0.537. The van der Waals surface area contributed by atoms with Crippen LogP contribution in [0.15, 0.2) is 30.3 Å². The van der Waals surface area contributed by atoms with Crippen LogP contribution >= 0.6 is 0 Å². The molecule has 0 fully saturated rings. The Morgan fingerprint density at radius 3 is 2.71 bits per heavy atom. The minimum absolute atomic E-state index is 1.08. The molecule has 0 N–H and O–H groups in total. The van der Waals surface area contributed by atoms with E-state index in [1.165, 1.54) is 53.5 Å². The van der Waals surface area contributed by atoms with Gasteiger partial charge in [0.15, 0.2) is 0 Å². The van der Waals surface area contributed by atoms with Gasteiger partial charge in [-0.1, -0.05) is 30.3 Å². The van der Waals surface area contributed by atoms with Crippen molar-refractivity contribution >= 4 is 0 Å². The zero-order valence-electron chi connectivity index (χ0n) is 9.92. The standard InChI is InChI=1S/C17H15/c1-2-6-13-11-17-15(9-12(13)5-1)10-14-7-3-4-8-16(14)17/h3-4,7-8,11H,1-2,5-6,10H2. The fraction of sp³-hybridized carbons (Fsp3) is 0.294. The van der Waals surface area contributed by atoms with Gasteiger partial charge in [0.1, 0.15) is 0 Å². The van der Waals surface area contributed by atoms with Gasteiger partial charge in [-0.2, -0.15) is 0 Å². The van der Waals surface area contributed by atoms with E-state index in [4.69, 9.17) is 0 Å². The lowest BCUT2D eigenvalue weighted by molar-refractivity contribution is 0.684. The normalized spacial score (nSPS) is 16.2. The molecule has 2 aromatic carbocycles. The molecule has 2 aliphatic rings. The van der Waals surface area contributed by atoms with E-state index in [1.54, 1.807) is 5.56 Å². The lowest BCUT2D eigenvalue weighted by atomic mass is 9.88. The summed E-state index contributed by atoms with van der Waals surface area (Å²) in [6.07, 6.45) is 6.26. The van der Waals surface area contributed by atoms with Crippen molar-refractivity contribution in [3.63, 3.8) is 0 Å². The molecule has 0 atom stereocenters. The zero-order chi connectivity index (χ0) is 11.2. The maximum atomic E-state index is 3.69.